The number of ether oxygens (including phenoxy) is 3. The van der Waals surface area contributed by atoms with Gasteiger partial charge in [0.15, 0.2) is 11.5 Å². The van der Waals surface area contributed by atoms with Gasteiger partial charge >= 0.3 is 12.0 Å². The third kappa shape index (κ3) is 5.28. The van der Waals surface area contributed by atoms with Gasteiger partial charge in [-0.3, -0.25) is 0 Å². The highest BCUT2D eigenvalue weighted by atomic mass is 35.5. The molecular weight excluding hydrogens is 487 g/mol. The van der Waals surface area contributed by atoms with Crippen LogP contribution in [0.15, 0.2) is 78.0 Å². The maximum Gasteiger partial charge on any atom is 0.338 e. The van der Waals surface area contributed by atoms with Gasteiger partial charge in [0.1, 0.15) is 12.4 Å². The van der Waals surface area contributed by atoms with Crippen LogP contribution in [-0.2, 0) is 22.6 Å². The van der Waals surface area contributed by atoms with Crippen LogP contribution in [0.1, 0.15) is 29.2 Å². The topological polar surface area (TPSA) is 85.9 Å². The van der Waals surface area contributed by atoms with E-state index in [1.165, 1.54) is 18.2 Å². The van der Waals surface area contributed by atoms with E-state index in [1.54, 1.807) is 30.3 Å². The fourth-order valence-corrected chi connectivity index (χ4v) is 4.42. The van der Waals surface area contributed by atoms with Gasteiger partial charge in [-0.15, -0.1) is 0 Å². The highest BCUT2D eigenvalue weighted by Crippen LogP contribution is 2.34. The Hall–Kier alpha value is -4.04. The molecule has 9 heteroatoms. The normalized spacial score (nSPS) is 16.4. The maximum absolute atomic E-state index is 14.0. The van der Waals surface area contributed by atoms with E-state index in [0.717, 1.165) is 5.56 Å². The molecule has 1 unspecified atom stereocenters. The Kier molecular flexibility index (Phi) is 6.77. The zero-order chi connectivity index (χ0) is 25.1. The Morgan fingerprint density at radius 3 is 2.67 bits per heavy atom. The first-order chi connectivity index (χ1) is 17.5. The van der Waals surface area contributed by atoms with E-state index < -0.39 is 23.9 Å². The molecule has 3 aromatic rings. The van der Waals surface area contributed by atoms with Crippen molar-refractivity contribution in [2.75, 3.05) is 6.79 Å². The first-order valence-corrected chi connectivity index (χ1v) is 11.7. The maximum atomic E-state index is 14.0. The van der Waals surface area contributed by atoms with Gasteiger partial charge in [0.25, 0.3) is 0 Å². The van der Waals surface area contributed by atoms with Gasteiger partial charge in [-0.05, 0) is 65.9 Å². The van der Waals surface area contributed by atoms with Gasteiger partial charge in [0.05, 0.1) is 11.6 Å². The minimum atomic E-state index is -0.881. The molecule has 7 nitrogen and oxygen atoms in total. The number of halogens is 2. The summed E-state index contributed by atoms with van der Waals surface area (Å²) in [7, 11) is 0. The number of esters is 1. The molecule has 5 rings (SSSR count). The van der Waals surface area contributed by atoms with E-state index in [4.69, 9.17) is 25.8 Å². The van der Waals surface area contributed by atoms with Crippen LogP contribution in [-0.4, -0.2) is 18.8 Å². The van der Waals surface area contributed by atoms with Crippen LogP contribution in [0.2, 0.25) is 5.02 Å². The summed E-state index contributed by atoms with van der Waals surface area (Å²) < 4.78 is 30.4. The number of allylic oxidation sites excluding steroid dienone is 1. The van der Waals surface area contributed by atoms with Gasteiger partial charge in [-0.2, -0.15) is 0 Å². The standard InChI is InChI=1S/C27H22ClFN2O5/c28-19-5-1-3-17(11-19)14-34-26(32)24-21(9-7-16-8-10-22-23(12-16)36-15-35-22)30-27(33)31-25(24)18-4-2-6-20(29)13-18/h1-6,8,10-13,25H,7,9,14-15H2,(H2,30,31,33). The number of nitrogens with one attached hydrogen (secondary N) is 2. The van der Waals surface area contributed by atoms with Crippen LogP contribution in [0.5, 0.6) is 11.5 Å². The van der Waals surface area contributed by atoms with E-state index in [0.29, 0.717) is 46.2 Å². The van der Waals surface area contributed by atoms with Crippen LogP contribution in [0.4, 0.5) is 9.18 Å². The van der Waals surface area contributed by atoms with Crippen LogP contribution < -0.4 is 20.1 Å². The number of hydrogen-bond acceptors (Lipinski definition) is 5. The lowest BCUT2D eigenvalue weighted by Crippen LogP contribution is -2.46. The van der Waals surface area contributed by atoms with E-state index >= 15 is 0 Å². The molecule has 184 valence electrons. The minimum absolute atomic E-state index is 0.0118. The van der Waals surface area contributed by atoms with Crippen molar-refractivity contribution < 1.29 is 28.2 Å². The van der Waals surface area contributed by atoms with Crippen molar-refractivity contribution in [2.24, 2.45) is 0 Å². The van der Waals surface area contributed by atoms with E-state index in [9.17, 15) is 14.0 Å². The Labute approximate surface area is 211 Å². The number of hydrogen-bond donors (Lipinski definition) is 2. The van der Waals surface area contributed by atoms with Crippen molar-refractivity contribution in [2.45, 2.75) is 25.5 Å². The van der Waals surface area contributed by atoms with Crippen LogP contribution in [0.25, 0.3) is 0 Å². The predicted molar refractivity (Wildman–Crippen MR) is 130 cm³/mol. The molecule has 0 saturated heterocycles. The Bertz CT molecular complexity index is 1360. The molecular formula is C27H22ClFN2O5. The van der Waals surface area contributed by atoms with Crippen molar-refractivity contribution in [3.63, 3.8) is 0 Å². The highest BCUT2D eigenvalue weighted by Gasteiger charge is 2.34. The molecule has 1 atom stereocenters. The number of urea groups is 1. The molecule has 0 fully saturated rings. The molecule has 2 amide bonds. The van der Waals surface area contributed by atoms with Crippen molar-refractivity contribution in [3.8, 4) is 11.5 Å². The molecule has 2 heterocycles. The number of rotatable bonds is 7. The van der Waals surface area contributed by atoms with E-state index in [-0.39, 0.29) is 19.0 Å². The molecule has 36 heavy (non-hydrogen) atoms. The average Bonchev–Trinajstić information content (AvgIpc) is 3.34. The van der Waals surface area contributed by atoms with Crippen LogP contribution in [0.3, 0.4) is 0 Å². The van der Waals surface area contributed by atoms with Gasteiger partial charge < -0.3 is 24.8 Å². The summed E-state index contributed by atoms with van der Waals surface area (Å²) in [6, 6.07) is 17.0. The molecule has 0 bridgehead atoms. The van der Waals surface area contributed by atoms with Gasteiger partial charge in [0, 0.05) is 10.7 Å². The van der Waals surface area contributed by atoms with Crippen LogP contribution >= 0.6 is 11.6 Å². The number of carbonyl (C=O) groups is 2. The smallest absolute Gasteiger partial charge is 0.338 e. The first-order valence-electron chi connectivity index (χ1n) is 11.3. The lowest BCUT2D eigenvalue weighted by molar-refractivity contribution is -0.140. The van der Waals surface area contributed by atoms with Crippen molar-refractivity contribution in [1.29, 1.82) is 0 Å². The second-order valence-corrected chi connectivity index (χ2v) is 8.81. The summed E-state index contributed by atoms with van der Waals surface area (Å²) in [5.74, 6) is 0.213. The molecule has 0 aliphatic carbocycles. The van der Waals surface area contributed by atoms with Gasteiger partial charge in [-0.25, -0.2) is 14.0 Å². The molecule has 0 spiro atoms. The average molecular weight is 509 g/mol. The monoisotopic (exact) mass is 508 g/mol. The third-order valence-electron chi connectivity index (χ3n) is 5.92. The summed E-state index contributed by atoms with van der Waals surface area (Å²) in [6.07, 6.45) is 0.841. The summed E-state index contributed by atoms with van der Waals surface area (Å²) in [4.78, 5) is 25.9. The quantitative estimate of drug-likeness (QED) is 0.429. The summed E-state index contributed by atoms with van der Waals surface area (Å²) in [6.45, 7) is 0.158. The highest BCUT2D eigenvalue weighted by molar-refractivity contribution is 6.30. The largest absolute Gasteiger partial charge is 0.457 e. The summed E-state index contributed by atoms with van der Waals surface area (Å²) in [5.41, 5.74) is 2.70. The Balaban J connectivity index is 1.44. The number of carbonyl (C=O) groups excluding carboxylic acids is 2. The summed E-state index contributed by atoms with van der Waals surface area (Å²) in [5, 5.41) is 6.00. The lowest BCUT2D eigenvalue weighted by Gasteiger charge is -2.29. The number of amides is 2. The predicted octanol–water partition coefficient (Wildman–Crippen LogP) is 5.19. The molecule has 0 radical (unpaired) electrons. The van der Waals surface area contributed by atoms with Gasteiger partial charge in [-0.1, -0.05) is 41.9 Å². The molecule has 2 aliphatic heterocycles. The van der Waals surface area contributed by atoms with E-state index in [2.05, 4.69) is 10.6 Å². The second-order valence-electron chi connectivity index (χ2n) is 8.37. The SMILES string of the molecule is O=C1NC(CCc2ccc3c(c2)OCO3)=C(C(=O)OCc2cccc(Cl)c2)C(c2cccc(F)c2)N1. The number of benzene rings is 3. The van der Waals surface area contributed by atoms with E-state index in [1.807, 2.05) is 18.2 Å². The number of aryl methyl sites for hydroxylation is 1. The fraction of sp³-hybridized carbons (Fsp3) is 0.185. The third-order valence-corrected chi connectivity index (χ3v) is 6.15. The fourth-order valence-electron chi connectivity index (χ4n) is 4.21. The minimum Gasteiger partial charge on any atom is -0.457 e. The number of fused-ring (bicyclic) bond motifs is 1. The first kappa shape index (κ1) is 23.7. The molecule has 2 N–H and O–H groups in total. The Morgan fingerprint density at radius 1 is 1.00 bits per heavy atom. The molecule has 0 saturated carbocycles. The Morgan fingerprint density at radius 2 is 1.83 bits per heavy atom. The zero-order valence-corrected chi connectivity index (χ0v) is 19.8. The molecule has 2 aliphatic rings. The van der Waals surface area contributed by atoms with Crippen molar-refractivity contribution >= 4 is 23.6 Å². The summed E-state index contributed by atoms with van der Waals surface area (Å²) >= 11 is 6.04. The van der Waals surface area contributed by atoms with Gasteiger partial charge in [0.2, 0.25) is 6.79 Å². The molecule has 3 aromatic carbocycles. The zero-order valence-electron chi connectivity index (χ0n) is 19.1. The lowest BCUT2D eigenvalue weighted by atomic mass is 9.93. The molecule has 0 aromatic heterocycles. The van der Waals surface area contributed by atoms with Crippen molar-refractivity contribution in [3.05, 3.63) is 106 Å². The second kappa shape index (κ2) is 10.3. The van der Waals surface area contributed by atoms with Crippen LogP contribution in [0, 0.1) is 5.82 Å². The van der Waals surface area contributed by atoms with Crippen molar-refractivity contribution in [1.82, 2.24) is 10.6 Å².